The molecule has 1 heterocycles. The van der Waals surface area contributed by atoms with E-state index in [4.69, 9.17) is 0 Å². The van der Waals surface area contributed by atoms with Crippen molar-refractivity contribution in [3.63, 3.8) is 0 Å². The molecule has 0 aromatic carbocycles. The van der Waals surface area contributed by atoms with Crippen LogP contribution in [0.2, 0.25) is 0 Å². The number of rotatable bonds is 2. The van der Waals surface area contributed by atoms with Crippen LogP contribution in [0.4, 0.5) is 0 Å². The van der Waals surface area contributed by atoms with E-state index < -0.39 is 0 Å². The molecule has 0 saturated heterocycles. The van der Waals surface area contributed by atoms with Crippen molar-refractivity contribution in [1.82, 2.24) is 4.98 Å². The molecule has 0 bridgehead atoms. The maximum atomic E-state index is 9.85. The molecule has 0 amide bonds. The van der Waals surface area contributed by atoms with Gasteiger partial charge in [0.05, 0.1) is 0 Å². The second kappa shape index (κ2) is 3.06. The summed E-state index contributed by atoms with van der Waals surface area (Å²) in [6.07, 6.45) is 1.70. The number of aryl methyl sites for hydroxylation is 1. The van der Waals surface area contributed by atoms with Gasteiger partial charge in [0.1, 0.15) is 6.54 Å². The molecule has 0 aliphatic heterocycles. The topological polar surface area (TPSA) is 42.3 Å². The lowest BCUT2D eigenvalue weighted by Crippen LogP contribution is -1.88. The lowest BCUT2D eigenvalue weighted by molar-refractivity contribution is 0.998. The third-order valence-corrected chi connectivity index (χ3v) is 1.35. The predicted molar refractivity (Wildman–Crippen MR) is 38.5 cm³/mol. The van der Waals surface area contributed by atoms with E-state index in [0.29, 0.717) is 0 Å². The van der Waals surface area contributed by atoms with Gasteiger partial charge in [-0.05, 0) is 18.6 Å². The number of aromatic nitrogens is 1. The van der Waals surface area contributed by atoms with Crippen LogP contribution in [-0.2, 0) is 6.54 Å². The molecule has 0 aliphatic rings. The van der Waals surface area contributed by atoms with Crippen molar-refractivity contribution >= 4 is 0 Å². The summed E-state index contributed by atoms with van der Waals surface area (Å²) in [7, 11) is 0. The molecule has 10 heavy (non-hydrogen) atoms. The van der Waals surface area contributed by atoms with Crippen LogP contribution in [0.5, 0.6) is 0 Å². The minimum atomic E-state index is 0.222. The molecule has 0 unspecified atom stereocenters. The van der Waals surface area contributed by atoms with Crippen molar-refractivity contribution in [2.24, 2.45) is 5.18 Å². The van der Waals surface area contributed by atoms with Crippen LogP contribution in [0, 0.1) is 11.8 Å². The first-order valence-electron chi connectivity index (χ1n) is 3.04. The van der Waals surface area contributed by atoms with Gasteiger partial charge < -0.3 is 0 Å². The first-order valence-corrected chi connectivity index (χ1v) is 3.04. The number of nitrogens with zero attached hydrogens (tertiary/aromatic N) is 2. The molecule has 1 rings (SSSR count). The van der Waals surface area contributed by atoms with Crippen LogP contribution < -0.4 is 0 Å². The quantitative estimate of drug-likeness (QED) is 0.580. The first kappa shape index (κ1) is 6.86. The Morgan fingerprint density at radius 1 is 1.70 bits per heavy atom. The van der Waals surface area contributed by atoms with Crippen molar-refractivity contribution < 1.29 is 0 Å². The van der Waals surface area contributed by atoms with Gasteiger partial charge in [-0.15, -0.1) is 0 Å². The Kier molecular flexibility index (Phi) is 2.10. The highest BCUT2D eigenvalue weighted by Gasteiger charge is 1.95. The highest BCUT2D eigenvalue weighted by molar-refractivity contribution is 5.17. The molecule has 1 aromatic rings. The molecule has 1 aromatic heterocycles. The maximum absolute atomic E-state index is 9.85. The predicted octanol–water partition coefficient (Wildman–Crippen LogP) is 1.66. The summed E-state index contributed by atoms with van der Waals surface area (Å²) in [5.74, 6) is 0. The molecule has 0 radical (unpaired) electrons. The van der Waals surface area contributed by atoms with E-state index in [9.17, 15) is 4.91 Å². The minimum Gasteiger partial charge on any atom is -0.261 e. The Morgan fingerprint density at radius 2 is 2.50 bits per heavy atom. The molecule has 52 valence electrons. The van der Waals surface area contributed by atoms with Gasteiger partial charge in [-0.25, -0.2) is 0 Å². The Hall–Kier alpha value is -1.25. The van der Waals surface area contributed by atoms with Crippen LogP contribution in [-0.4, -0.2) is 4.98 Å². The van der Waals surface area contributed by atoms with Gasteiger partial charge in [0.25, 0.3) is 0 Å². The lowest BCUT2D eigenvalue weighted by Gasteiger charge is -1.96. The van der Waals surface area contributed by atoms with Gasteiger partial charge in [0, 0.05) is 11.9 Å². The average molecular weight is 136 g/mol. The van der Waals surface area contributed by atoms with E-state index in [1.54, 1.807) is 12.3 Å². The molecular weight excluding hydrogens is 128 g/mol. The van der Waals surface area contributed by atoms with E-state index in [0.717, 1.165) is 11.3 Å². The Labute approximate surface area is 59.1 Å². The van der Waals surface area contributed by atoms with Crippen molar-refractivity contribution in [3.8, 4) is 0 Å². The normalized spacial score (nSPS) is 9.30. The van der Waals surface area contributed by atoms with Gasteiger partial charge in [-0.3, -0.25) is 4.98 Å². The SMILES string of the molecule is Cc1ncccc1CN=O. The van der Waals surface area contributed by atoms with Crippen LogP contribution in [0.3, 0.4) is 0 Å². The summed E-state index contributed by atoms with van der Waals surface area (Å²) in [4.78, 5) is 13.8. The second-order valence-electron chi connectivity index (χ2n) is 2.04. The molecule has 0 N–H and O–H groups in total. The van der Waals surface area contributed by atoms with E-state index in [-0.39, 0.29) is 6.54 Å². The van der Waals surface area contributed by atoms with E-state index >= 15 is 0 Å². The highest BCUT2D eigenvalue weighted by Crippen LogP contribution is 2.03. The van der Waals surface area contributed by atoms with Gasteiger partial charge in [-0.2, -0.15) is 4.91 Å². The average Bonchev–Trinajstić information content (AvgIpc) is 1.94. The van der Waals surface area contributed by atoms with Crippen molar-refractivity contribution in [2.75, 3.05) is 0 Å². The molecule has 0 atom stereocenters. The Balaban J connectivity index is 2.91. The zero-order chi connectivity index (χ0) is 7.40. The third-order valence-electron chi connectivity index (χ3n) is 1.35. The number of pyridine rings is 1. The van der Waals surface area contributed by atoms with E-state index in [2.05, 4.69) is 10.2 Å². The molecule has 0 spiro atoms. The van der Waals surface area contributed by atoms with E-state index in [1.165, 1.54) is 0 Å². The maximum Gasteiger partial charge on any atom is 0.108 e. The van der Waals surface area contributed by atoms with Crippen LogP contribution in [0.25, 0.3) is 0 Å². The summed E-state index contributed by atoms with van der Waals surface area (Å²) >= 11 is 0. The molecule has 0 aliphatic carbocycles. The molecule has 0 saturated carbocycles. The molecule has 3 nitrogen and oxygen atoms in total. The number of nitroso groups, excluding NO2 is 1. The summed E-state index contributed by atoms with van der Waals surface area (Å²) in [5, 5.41) is 2.78. The van der Waals surface area contributed by atoms with Gasteiger partial charge in [-0.1, -0.05) is 11.2 Å². The fraction of sp³-hybridized carbons (Fsp3) is 0.286. The number of hydrogen-bond donors (Lipinski definition) is 0. The summed E-state index contributed by atoms with van der Waals surface area (Å²) in [5.41, 5.74) is 1.78. The summed E-state index contributed by atoms with van der Waals surface area (Å²) in [6, 6.07) is 3.65. The lowest BCUT2D eigenvalue weighted by atomic mass is 10.2. The van der Waals surface area contributed by atoms with Crippen LogP contribution in [0.1, 0.15) is 11.3 Å². The van der Waals surface area contributed by atoms with Crippen LogP contribution >= 0.6 is 0 Å². The third kappa shape index (κ3) is 1.37. The van der Waals surface area contributed by atoms with Crippen molar-refractivity contribution in [3.05, 3.63) is 34.5 Å². The summed E-state index contributed by atoms with van der Waals surface area (Å²) in [6.45, 7) is 2.08. The minimum absolute atomic E-state index is 0.222. The monoisotopic (exact) mass is 136 g/mol. The standard InChI is InChI=1S/C7H8N2O/c1-6-7(5-9-10)3-2-4-8-6/h2-4H,5H2,1H3. The van der Waals surface area contributed by atoms with Crippen LogP contribution in [0.15, 0.2) is 23.5 Å². The fourth-order valence-corrected chi connectivity index (χ4v) is 0.754. The second-order valence-corrected chi connectivity index (χ2v) is 2.04. The van der Waals surface area contributed by atoms with E-state index in [1.807, 2.05) is 13.0 Å². The molecule has 3 heteroatoms. The van der Waals surface area contributed by atoms with Gasteiger partial charge >= 0.3 is 0 Å². The van der Waals surface area contributed by atoms with Crippen molar-refractivity contribution in [1.29, 1.82) is 0 Å². The zero-order valence-electron chi connectivity index (χ0n) is 5.74. The first-order chi connectivity index (χ1) is 4.84. The molecule has 0 fully saturated rings. The number of hydrogen-bond acceptors (Lipinski definition) is 3. The Morgan fingerprint density at radius 3 is 3.10 bits per heavy atom. The van der Waals surface area contributed by atoms with Gasteiger partial charge in [0.15, 0.2) is 0 Å². The van der Waals surface area contributed by atoms with Gasteiger partial charge in [0.2, 0.25) is 0 Å². The smallest absolute Gasteiger partial charge is 0.108 e. The Bertz CT molecular complexity index is 235. The van der Waals surface area contributed by atoms with Crippen molar-refractivity contribution in [2.45, 2.75) is 13.5 Å². The summed E-state index contributed by atoms with van der Waals surface area (Å²) < 4.78 is 0. The highest BCUT2D eigenvalue weighted by atomic mass is 16.3. The fourth-order valence-electron chi connectivity index (χ4n) is 0.754. The zero-order valence-corrected chi connectivity index (χ0v) is 5.74. The largest absolute Gasteiger partial charge is 0.261 e. The molecular formula is C7H8N2O.